The molecule has 1 rings (SSSR count). The molecule has 1 aromatic carbocycles. The van der Waals surface area contributed by atoms with Crippen LogP contribution >= 0.6 is 31.9 Å². The second kappa shape index (κ2) is 6.75. The van der Waals surface area contributed by atoms with Crippen molar-refractivity contribution in [2.75, 3.05) is 18.4 Å². The summed E-state index contributed by atoms with van der Waals surface area (Å²) in [7, 11) is 0. The lowest BCUT2D eigenvalue weighted by atomic mass is 10.2. The van der Waals surface area contributed by atoms with Crippen molar-refractivity contribution in [1.82, 2.24) is 4.90 Å². The van der Waals surface area contributed by atoms with Crippen LogP contribution in [0, 0.1) is 0 Å². The minimum atomic E-state index is -4.16. The Morgan fingerprint density at radius 3 is 2.18 bits per heavy atom. The summed E-state index contributed by atoms with van der Waals surface area (Å²) in [4.78, 5) is 1.37. The molecule has 0 aliphatic heterocycles. The molecule has 1 nitrogen and oxygen atoms in total. The highest BCUT2D eigenvalue weighted by molar-refractivity contribution is 9.10. The van der Waals surface area contributed by atoms with Crippen LogP contribution in [0.4, 0.5) is 13.2 Å². The van der Waals surface area contributed by atoms with Crippen molar-refractivity contribution in [1.29, 1.82) is 0 Å². The van der Waals surface area contributed by atoms with E-state index in [1.807, 2.05) is 24.3 Å². The smallest absolute Gasteiger partial charge is 0.290 e. The van der Waals surface area contributed by atoms with Crippen molar-refractivity contribution >= 4 is 31.9 Å². The number of hydrogen-bond donors (Lipinski definition) is 0. The zero-order valence-electron chi connectivity index (χ0n) is 8.97. The molecule has 0 bridgehead atoms. The van der Waals surface area contributed by atoms with Crippen molar-refractivity contribution < 1.29 is 13.2 Å². The molecule has 17 heavy (non-hydrogen) atoms. The van der Waals surface area contributed by atoms with E-state index in [1.54, 1.807) is 0 Å². The minimum absolute atomic E-state index is 0.304. The Balaban J connectivity index is 2.63. The van der Waals surface area contributed by atoms with E-state index < -0.39 is 12.7 Å². The largest absolute Gasteiger partial charge is 0.401 e. The van der Waals surface area contributed by atoms with Gasteiger partial charge in [0.15, 0.2) is 0 Å². The molecular weight excluding hydrogens is 363 g/mol. The first-order valence-corrected chi connectivity index (χ1v) is 6.91. The van der Waals surface area contributed by atoms with E-state index in [0.29, 0.717) is 18.4 Å². The molecule has 96 valence electrons. The summed E-state index contributed by atoms with van der Waals surface area (Å²) in [5, 5.41) is 0.527. The van der Waals surface area contributed by atoms with E-state index in [4.69, 9.17) is 0 Å². The Kier molecular flexibility index (Phi) is 5.95. The van der Waals surface area contributed by atoms with Crippen molar-refractivity contribution in [3.05, 3.63) is 34.3 Å². The molecule has 0 atom stereocenters. The molecular formula is C11H12Br2F3N. The van der Waals surface area contributed by atoms with Gasteiger partial charge in [0, 0.05) is 22.9 Å². The maximum Gasteiger partial charge on any atom is 0.401 e. The average Bonchev–Trinajstić information content (AvgIpc) is 2.19. The van der Waals surface area contributed by atoms with Gasteiger partial charge in [0.1, 0.15) is 0 Å². The Morgan fingerprint density at radius 1 is 1.12 bits per heavy atom. The highest BCUT2D eigenvalue weighted by atomic mass is 79.9. The van der Waals surface area contributed by atoms with Crippen LogP contribution in [-0.2, 0) is 6.54 Å². The van der Waals surface area contributed by atoms with Crippen molar-refractivity contribution in [2.45, 2.75) is 12.7 Å². The fourth-order valence-corrected chi connectivity index (χ4v) is 2.20. The maximum atomic E-state index is 12.3. The number of hydrogen-bond acceptors (Lipinski definition) is 1. The third-order valence-electron chi connectivity index (χ3n) is 2.12. The molecule has 1 aromatic rings. The van der Waals surface area contributed by atoms with E-state index in [2.05, 4.69) is 31.9 Å². The Labute approximate surface area is 115 Å². The van der Waals surface area contributed by atoms with Crippen LogP contribution in [0.1, 0.15) is 5.56 Å². The molecule has 0 saturated heterocycles. The predicted octanol–water partition coefficient (Wildman–Crippen LogP) is 4.21. The van der Waals surface area contributed by atoms with Crippen LogP contribution in [0.15, 0.2) is 28.7 Å². The maximum absolute atomic E-state index is 12.3. The standard InChI is InChI=1S/C11H12Br2F3N/c12-5-6-17(8-11(14,15)16)7-9-1-3-10(13)4-2-9/h1-4H,5-8H2. The summed E-state index contributed by atoms with van der Waals surface area (Å²) in [6.45, 7) is -0.206. The second-order valence-electron chi connectivity index (χ2n) is 3.64. The molecule has 0 aromatic heterocycles. The lowest BCUT2D eigenvalue weighted by molar-refractivity contribution is -0.146. The number of halogens is 5. The van der Waals surface area contributed by atoms with E-state index in [1.165, 1.54) is 4.90 Å². The van der Waals surface area contributed by atoms with Gasteiger partial charge >= 0.3 is 6.18 Å². The van der Waals surface area contributed by atoms with Crippen LogP contribution < -0.4 is 0 Å². The van der Waals surface area contributed by atoms with E-state index in [0.717, 1.165) is 10.0 Å². The van der Waals surface area contributed by atoms with Crippen molar-refractivity contribution in [3.63, 3.8) is 0 Å². The molecule has 0 aliphatic carbocycles. The van der Waals surface area contributed by atoms with Crippen LogP contribution in [0.5, 0.6) is 0 Å². The summed E-state index contributed by atoms with van der Waals surface area (Å²) in [5.41, 5.74) is 0.874. The first-order chi connectivity index (χ1) is 7.90. The Hall–Kier alpha value is -0.0700. The van der Waals surface area contributed by atoms with Gasteiger partial charge in [-0.25, -0.2) is 0 Å². The van der Waals surface area contributed by atoms with Crippen LogP contribution in [0.25, 0.3) is 0 Å². The van der Waals surface area contributed by atoms with Gasteiger partial charge in [0.05, 0.1) is 6.54 Å². The zero-order valence-corrected chi connectivity index (χ0v) is 12.1. The number of alkyl halides is 4. The molecule has 0 N–H and O–H groups in total. The van der Waals surface area contributed by atoms with Gasteiger partial charge in [-0.15, -0.1) is 0 Å². The molecule has 0 unspecified atom stereocenters. The molecule has 6 heteroatoms. The van der Waals surface area contributed by atoms with Gasteiger partial charge in [-0.2, -0.15) is 13.2 Å². The third-order valence-corrected chi connectivity index (χ3v) is 3.01. The van der Waals surface area contributed by atoms with E-state index in [-0.39, 0.29) is 0 Å². The quantitative estimate of drug-likeness (QED) is 0.698. The summed E-state index contributed by atoms with van der Waals surface area (Å²) in [5.74, 6) is 0. The topological polar surface area (TPSA) is 3.24 Å². The van der Waals surface area contributed by atoms with Gasteiger partial charge in [0.25, 0.3) is 0 Å². The molecule has 0 amide bonds. The predicted molar refractivity (Wildman–Crippen MR) is 69.3 cm³/mol. The monoisotopic (exact) mass is 373 g/mol. The van der Waals surface area contributed by atoms with Crippen molar-refractivity contribution in [2.24, 2.45) is 0 Å². The van der Waals surface area contributed by atoms with Gasteiger partial charge < -0.3 is 0 Å². The van der Waals surface area contributed by atoms with Crippen LogP contribution in [0.2, 0.25) is 0 Å². The SMILES string of the molecule is FC(F)(F)CN(CCBr)Cc1ccc(Br)cc1. The fraction of sp³-hybridized carbons (Fsp3) is 0.455. The van der Waals surface area contributed by atoms with E-state index >= 15 is 0 Å². The highest BCUT2D eigenvalue weighted by Crippen LogP contribution is 2.19. The number of benzene rings is 1. The summed E-state index contributed by atoms with van der Waals surface area (Å²) in [6.07, 6.45) is -4.16. The molecule has 0 fully saturated rings. The lowest BCUT2D eigenvalue weighted by Crippen LogP contribution is -2.35. The van der Waals surface area contributed by atoms with Crippen LogP contribution in [-0.4, -0.2) is 29.5 Å². The zero-order chi connectivity index (χ0) is 12.9. The third kappa shape index (κ3) is 6.43. The number of rotatable bonds is 5. The van der Waals surface area contributed by atoms with Crippen molar-refractivity contribution in [3.8, 4) is 0 Å². The number of nitrogens with zero attached hydrogens (tertiary/aromatic N) is 1. The highest BCUT2D eigenvalue weighted by Gasteiger charge is 2.30. The summed E-state index contributed by atoms with van der Waals surface area (Å²) in [6, 6.07) is 7.30. The molecule has 0 radical (unpaired) electrons. The van der Waals surface area contributed by atoms with Crippen LogP contribution in [0.3, 0.4) is 0 Å². The van der Waals surface area contributed by atoms with E-state index in [9.17, 15) is 13.2 Å². The normalized spacial score (nSPS) is 12.1. The lowest BCUT2D eigenvalue weighted by Gasteiger charge is -2.22. The fourth-order valence-electron chi connectivity index (χ4n) is 1.44. The Bertz CT molecular complexity index is 338. The molecule has 0 spiro atoms. The van der Waals surface area contributed by atoms with Gasteiger partial charge in [-0.3, -0.25) is 4.90 Å². The minimum Gasteiger partial charge on any atom is -0.290 e. The summed E-state index contributed by atoms with van der Waals surface area (Å²) >= 11 is 6.46. The first kappa shape index (κ1) is 15.0. The average molecular weight is 375 g/mol. The van der Waals surface area contributed by atoms with Gasteiger partial charge in [0.2, 0.25) is 0 Å². The van der Waals surface area contributed by atoms with Gasteiger partial charge in [-0.05, 0) is 17.7 Å². The van der Waals surface area contributed by atoms with Gasteiger partial charge in [-0.1, -0.05) is 44.0 Å². The molecule has 0 saturated carbocycles. The molecule has 0 aliphatic rings. The second-order valence-corrected chi connectivity index (χ2v) is 5.35. The molecule has 0 heterocycles. The Morgan fingerprint density at radius 2 is 1.71 bits per heavy atom. The first-order valence-electron chi connectivity index (χ1n) is 5.00. The summed E-state index contributed by atoms with van der Waals surface area (Å²) < 4.78 is 37.9.